The topological polar surface area (TPSA) is 71.7 Å². The maximum absolute atomic E-state index is 12.8. The van der Waals surface area contributed by atoms with Gasteiger partial charge in [-0.25, -0.2) is 9.78 Å². The SMILES string of the molecule is CCCc1c(/C=C/c2ccccc2)nc2ccc(C(=O)O)cn2c1=O. The van der Waals surface area contributed by atoms with Gasteiger partial charge >= 0.3 is 5.97 Å². The van der Waals surface area contributed by atoms with Crippen molar-refractivity contribution in [1.82, 2.24) is 9.38 Å². The summed E-state index contributed by atoms with van der Waals surface area (Å²) >= 11 is 0. The normalized spacial score (nSPS) is 11.2. The average molecular weight is 334 g/mol. The molecule has 0 fully saturated rings. The van der Waals surface area contributed by atoms with Crippen LogP contribution in [0.2, 0.25) is 0 Å². The molecule has 0 aliphatic carbocycles. The zero-order valence-corrected chi connectivity index (χ0v) is 13.8. The van der Waals surface area contributed by atoms with Crippen molar-refractivity contribution in [3.05, 3.63) is 81.4 Å². The minimum atomic E-state index is -1.07. The summed E-state index contributed by atoms with van der Waals surface area (Å²) in [5.41, 5.74) is 2.51. The molecule has 0 saturated heterocycles. The van der Waals surface area contributed by atoms with Crippen LogP contribution >= 0.6 is 0 Å². The first-order valence-electron chi connectivity index (χ1n) is 8.12. The van der Waals surface area contributed by atoms with Crippen LogP contribution in [0.3, 0.4) is 0 Å². The molecule has 5 nitrogen and oxygen atoms in total. The van der Waals surface area contributed by atoms with Crippen molar-refractivity contribution in [1.29, 1.82) is 0 Å². The summed E-state index contributed by atoms with van der Waals surface area (Å²) in [6.07, 6.45) is 6.47. The number of aromatic carboxylic acids is 1. The van der Waals surface area contributed by atoms with Gasteiger partial charge in [0.2, 0.25) is 0 Å². The first-order valence-corrected chi connectivity index (χ1v) is 8.12. The van der Waals surface area contributed by atoms with Crippen LogP contribution in [0.25, 0.3) is 17.8 Å². The summed E-state index contributed by atoms with van der Waals surface area (Å²) in [7, 11) is 0. The Balaban J connectivity index is 2.16. The van der Waals surface area contributed by atoms with Crippen molar-refractivity contribution in [2.24, 2.45) is 0 Å². The van der Waals surface area contributed by atoms with Crippen LogP contribution in [0.1, 0.15) is 40.5 Å². The van der Waals surface area contributed by atoms with E-state index >= 15 is 0 Å². The highest BCUT2D eigenvalue weighted by Gasteiger charge is 2.12. The number of fused-ring (bicyclic) bond motifs is 1. The van der Waals surface area contributed by atoms with E-state index in [9.17, 15) is 9.59 Å². The highest BCUT2D eigenvalue weighted by molar-refractivity contribution is 5.87. The van der Waals surface area contributed by atoms with E-state index in [1.54, 1.807) is 6.07 Å². The molecule has 0 radical (unpaired) electrons. The van der Waals surface area contributed by atoms with Crippen molar-refractivity contribution in [2.75, 3.05) is 0 Å². The van der Waals surface area contributed by atoms with Crippen LogP contribution in [0.15, 0.2) is 53.5 Å². The number of hydrogen-bond acceptors (Lipinski definition) is 3. The number of carbonyl (C=O) groups is 1. The molecule has 0 bridgehead atoms. The van der Waals surface area contributed by atoms with Gasteiger partial charge in [-0.2, -0.15) is 0 Å². The molecule has 3 aromatic rings. The Morgan fingerprint density at radius 2 is 1.92 bits per heavy atom. The van der Waals surface area contributed by atoms with Gasteiger partial charge < -0.3 is 5.11 Å². The Morgan fingerprint density at radius 1 is 1.16 bits per heavy atom. The standard InChI is InChI=1S/C20H18N2O3/c1-2-6-16-17(11-9-14-7-4-3-5-8-14)21-18-12-10-15(20(24)25)13-22(18)19(16)23/h3-5,7-13H,2,6H2,1H3,(H,24,25)/b11-9+. The molecular formula is C20H18N2O3. The maximum Gasteiger partial charge on any atom is 0.337 e. The second-order valence-electron chi connectivity index (χ2n) is 5.73. The molecule has 2 aromatic heterocycles. The van der Waals surface area contributed by atoms with Gasteiger partial charge in [-0.05, 0) is 30.2 Å². The molecule has 0 spiro atoms. The predicted octanol–water partition coefficient (Wildman–Crippen LogP) is 3.52. The van der Waals surface area contributed by atoms with Crippen LogP contribution < -0.4 is 5.56 Å². The number of carboxylic acids is 1. The zero-order chi connectivity index (χ0) is 17.8. The summed E-state index contributed by atoms with van der Waals surface area (Å²) in [5, 5.41) is 9.13. The molecule has 2 heterocycles. The molecule has 0 atom stereocenters. The van der Waals surface area contributed by atoms with Crippen LogP contribution in [0.4, 0.5) is 0 Å². The maximum atomic E-state index is 12.8. The highest BCUT2D eigenvalue weighted by atomic mass is 16.4. The van der Waals surface area contributed by atoms with E-state index in [1.165, 1.54) is 16.7 Å². The van der Waals surface area contributed by atoms with Crippen LogP contribution in [0.5, 0.6) is 0 Å². The van der Waals surface area contributed by atoms with Crippen molar-refractivity contribution < 1.29 is 9.90 Å². The molecule has 0 saturated carbocycles. The quantitative estimate of drug-likeness (QED) is 0.775. The summed E-state index contributed by atoms with van der Waals surface area (Å²) in [6.45, 7) is 1.99. The molecule has 1 N–H and O–H groups in total. The van der Waals surface area contributed by atoms with Crippen LogP contribution in [-0.2, 0) is 6.42 Å². The Labute approximate surface area is 144 Å². The van der Waals surface area contributed by atoms with E-state index in [0.29, 0.717) is 23.3 Å². The van der Waals surface area contributed by atoms with Gasteiger partial charge in [0.15, 0.2) is 0 Å². The second-order valence-corrected chi connectivity index (χ2v) is 5.73. The van der Waals surface area contributed by atoms with Gasteiger partial charge in [0.1, 0.15) is 5.65 Å². The zero-order valence-electron chi connectivity index (χ0n) is 13.8. The molecule has 25 heavy (non-hydrogen) atoms. The van der Waals surface area contributed by atoms with Gasteiger partial charge in [0, 0.05) is 11.8 Å². The number of nitrogens with zero attached hydrogens (tertiary/aromatic N) is 2. The van der Waals surface area contributed by atoms with E-state index in [1.807, 2.05) is 49.4 Å². The van der Waals surface area contributed by atoms with Gasteiger partial charge in [-0.1, -0.05) is 49.8 Å². The number of pyridine rings is 1. The van der Waals surface area contributed by atoms with Crippen molar-refractivity contribution in [3.63, 3.8) is 0 Å². The lowest BCUT2D eigenvalue weighted by molar-refractivity contribution is 0.0696. The number of hydrogen-bond donors (Lipinski definition) is 1. The lowest BCUT2D eigenvalue weighted by atomic mass is 10.1. The molecule has 1 aromatic carbocycles. The van der Waals surface area contributed by atoms with E-state index < -0.39 is 5.97 Å². The van der Waals surface area contributed by atoms with Gasteiger partial charge in [-0.15, -0.1) is 0 Å². The number of rotatable bonds is 5. The Morgan fingerprint density at radius 3 is 2.60 bits per heavy atom. The number of carboxylic acid groups (broad SMARTS) is 1. The summed E-state index contributed by atoms with van der Waals surface area (Å²) < 4.78 is 1.31. The summed E-state index contributed by atoms with van der Waals surface area (Å²) in [5.74, 6) is -1.07. The number of aromatic nitrogens is 2. The fraction of sp³-hybridized carbons (Fsp3) is 0.150. The van der Waals surface area contributed by atoms with E-state index in [-0.39, 0.29) is 11.1 Å². The molecule has 126 valence electrons. The van der Waals surface area contributed by atoms with Crippen molar-refractivity contribution >= 4 is 23.8 Å². The van der Waals surface area contributed by atoms with Gasteiger partial charge in [0.05, 0.1) is 11.3 Å². The Hall–Kier alpha value is -3.21. The molecular weight excluding hydrogens is 316 g/mol. The van der Waals surface area contributed by atoms with Crippen molar-refractivity contribution in [3.8, 4) is 0 Å². The summed E-state index contributed by atoms with van der Waals surface area (Å²) in [4.78, 5) is 28.5. The van der Waals surface area contributed by atoms with Gasteiger partial charge in [0.25, 0.3) is 5.56 Å². The van der Waals surface area contributed by atoms with Crippen molar-refractivity contribution in [2.45, 2.75) is 19.8 Å². The van der Waals surface area contributed by atoms with E-state index in [0.717, 1.165) is 12.0 Å². The molecule has 5 heteroatoms. The molecule has 0 aliphatic heterocycles. The Kier molecular flexibility index (Phi) is 4.75. The second kappa shape index (κ2) is 7.13. The fourth-order valence-corrected chi connectivity index (χ4v) is 2.68. The lowest BCUT2D eigenvalue weighted by Crippen LogP contribution is -2.22. The van der Waals surface area contributed by atoms with E-state index in [2.05, 4.69) is 4.98 Å². The van der Waals surface area contributed by atoms with Gasteiger partial charge in [-0.3, -0.25) is 9.20 Å². The smallest absolute Gasteiger partial charge is 0.337 e. The third kappa shape index (κ3) is 3.50. The third-order valence-corrected chi connectivity index (χ3v) is 3.93. The fourth-order valence-electron chi connectivity index (χ4n) is 2.68. The molecule has 0 aliphatic rings. The molecule has 0 amide bonds. The summed E-state index contributed by atoms with van der Waals surface area (Å²) in [6, 6.07) is 12.8. The number of benzene rings is 1. The monoisotopic (exact) mass is 334 g/mol. The van der Waals surface area contributed by atoms with Crippen LogP contribution in [-0.4, -0.2) is 20.5 Å². The Bertz CT molecular complexity index is 1000. The molecule has 0 unspecified atom stereocenters. The average Bonchev–Trinajstić information content (AvgIpc) is 2.63. The minimum absolute atomic E-state index is 0.0615. The minimum Gasteiger partial charge on any atom is -0.478 e. The van der Waals surface area contributed by atoms with E-state index in [4.69, 9.17) is 5.11 Å². The molecule has 3 rings (SSSR count). The first-order chi connectivity index (χ1) is 12.1. The third-order valence-electron chi connectivity index (χ3n) is 3.93. The van der Waals surface area contributed by atoms with Crippen LogP contribution in [0, 0.1) is 0 Å². The highest BCUT2D eigenvalue weighted by Crippen LogP contribution is 2.13. The first kappa shape index (κ1) is 16.6. The largest absolute Gasteiger partial charge is 0.478 e. The predicted molar refractivity (Wildman–Crippen MR) is 97.8 cm³/mol. The lowest BCUT2D eigenvalue weighted by Gasteiger charge is -2.08.